The quantitative estimate of drug-likeness (QED) is 0.441. The zero-order valence-electron chi connectivity index (χ0n) is 21.8. The molecule has 2 atom stereocenters. The van der Waals surface area contributed by atoms with Gasteiger partial charge in [-0.2, -0.15) is 0 Å². The summed E-state index contributed by atoms with van der Waals surface area (Å²) < 4.78 is 5.25. The van der Waals surface area contributed by atoms with Crippen LogP contribution >= 0.6 is 11.6 Å². The summed E-state index contributed by atoms with van der Waals surface area (Å²) in [6.07, 6.45) is 3.05. The average molecular weight is 524 g/mol. The van der Waals surface area contributed by atoms with Crippen LogP contribution in [0, 0.1) is 6.92 Å². The lowest BCUT2D eigenvalue weighted by Gasteiger charge is -2.27. The first-order valence-electron chi connectivity index (χ1n) is 13.0. The molecule has 2 fully saturated rings. The first kappa shape index (κ1) is 25.5. The highest BCUT2D eigenvalue weighted by Gasteiger charge is 2.32. The zero-order chi connectivity index (χ0) is 26.3. The normalized spacial score (nSPS) is 18.9. The van der Waals surface area contributed by atoms with E-state index < -0.39 is 11.5 Å². The number of aromatic amines is 1. The molecule has 0 unspecified atom stereocenters. The molecule has 1 aromatic carbocycles. The van der Waals surface area contributed by atoms with Crippen LogP contribution in [-0.4, -0.2) is 48.7 Å². The number of aromatic nitrogens is 2. The first-order valence-corrected chi connectivity index (χ1v) is 13.3. The van der Waals surface area contributed by atoms with Crippen molar-refractivity contribution in [1.29, 1.82) is 0 Å². The predicted molar refractivity (Wildman–Crippen MR) is 147 cm³/mol. The lowest BCUT2D eigenvalue weighted by atomic mass is 10.0. The van der Waals surface area contributed by atoms with E-state index in [0.29, 0.717) is 35.0 Å². The number of hydrogen-bond donors (Lipinski definition) is 3. The topological polar surface area (TPSA) is 99.3 Å². The van der Waals surface area contributed by atoms with Crippen molar-refractivity contribution >= 4 is 34.1 Å². The molecule has 2 aromatic heterocycles. The Morgan fingerprint density at radius 2 is 2.03 bits per heavy atom. The maximum atomic E-state index is 13.8. The van der Waals surface area contributed by atoms with Crippen LogP contribution in [0.3, 0.4) is 0 Å². The summed E-state index contributed by atoms with van der Waals surface area (Å²) in [5.74, 6) is 0.512. The molecule has 1 saturated heterocycles. The van der Waals surface area contributed by atoms with Gasteiger partial charge in [0.2, 0.25) is 0 Å². The van der Waals surface area contributed by atoms with E-state index in [9.17, 15) is 9.59 Å². The third-order valence-corrected chi connectivity index (χ3v) is 7.67. The van der Waals surface area contributed by atoms with E-state index in [0.717, 1.165) is 60.2 Å². The van der Waals surface area contributed by atoms with E-state index in [4.69, 9.17) is 21.3 Å². The molecule has 8 nitrogen and oxygen atoms in total. The fourth-order valence-electron chi connectivity index (χ4n) is 5.16. The molecule has 0 radical (unpaired) electrons. The second-order valence-electron chi connectivity index (χ2n) is 10.2. The van der Waals surface area contributed by atoms with E-state index in [1.54, 1.807) is 19.2 Å². The molecule has 3 heterocycles. The van der Waals surface area contributed by atoms with Crippen LogP contribution in [0.4, 0.5) is 5.69 Å². The number of methoxy groups -OCH3 is 1. The molecule has 3 aromatic rings. The Bertz CT molecular complexity index is 1400. The predicted octanol–water partition coefficient (Wildman–Crippen LogP) is 4.45. The molecule has 37 heavy (non-hydrogen) atoms. The van der Waals surface area contributed by atoms with Crippen molar-refractivity contribution in [1.82, 2.24) is 20.6 Å². The monoisotopic (exact) mass is 523 g/mol. The van der Waals surface area contributed by atoms with Gasteiger partial charge in [0.25, 0.3) is 11.5 Å². The third kappa shape index (κ3) is 5.18. The summed E-state index contributed by atoms with van der Waals surface area (Å²) >= 11 is 6.32. The van der Waals surface area contributed by atoms with Crippen molar-refractivity contribution in [2.75, 3.05) is 31.6 Å². The molecule has 0 bridgehead atoms. The number of nitrogens with zero attached hydrogens (tertiary/aromatic N) is 2. The van der Waals surface area contributed by atoms with Crippen molar-refractivity contribution in [2.24, 2.45) is 0 Å². The fraction of sp³-hybridized carbons (Fsp3) is 0.464. The zero-order valence-corrected chi connectivity index (χ0v) is 22.5. The Balaban J connectivity index is 1.60. The van der Waals surface area contributed by atoms with Crippen molar-refractivity contribution in [2.45, 2.75) is 58.0 Å². The largest absolute Gasteiger partial charge is 0.495 e. The smallest absolute Gasteiger partial charge is 0.263 e. The average Bonchev–Trinajstić information content (AvgIpc) is 3.71. The molecule has 1 saturated carbocycles. The van der Waals surface area contributed by atoms with Crippen LogP contribution in [0.1, 0.15) is 72.4 Å². The lowest BCUT2D eigenvalue weighted by molar-refractivity contribution is 0.0939. The highest BCUT2D eigenvalue weighted by atomic mass is 35.5. The number of aryl methyl sites for hydroxylation is 1. The molecule has 3 N–H and O–H groups in total. The standard InChI is InChI=1S/C28H34ClN5O3/c1-15-9-11-34(12-10-30-15)26-20-13-16(2)31-24(18-5-6-18)25(20)33-28(36)23(26)27(35)32-17(3)19-7-8-22(37-4)21(29)14-19/h7-8,13-15,17-18,30H,5-6,9-12H2,1-4H3,(H,32,35)(H,33,36)/t15-,17-/m0/s1. The number of carbonyl (C=O) groups is 1. The van der Waals surface area contributed by atoms with Gasteiger partial charge in [0.05, 0.1) is 35.1 Å². The summed E-state index contributed by atoms with van der Waals surface area (Å²) in [5.41, 5.74) is 3.84. The Morgan fingerprint density at radius 1 is 1.24 bits per heavy atom. The maximum absolute atomic E-state index is 13.8. The SMILES string of the molecule is COc1ccc([C@H](C)NC(=O)c2c(N3CCN[C@@H](C)CC3)c3cc(C)nc(C4CC4)c3[nH]c2=O)cc1Cl. The van der Waals surface area contributed by atoms with Gasteiger partial charge in [-0.3, -0.25) is 14.6 Å². The van der Waals surface area contributed by atoms with Gasteiger partial charge < -0.3 is 25.3 Å². The van der Waals surface area contributed by atoms with Crippen molar-refractivity contribution in [3.63, 3.8) is 0 Å². The van der Waals surface area contributed by atoms with Gasteiger partial charge in [-0.15, -0.1) is 0 Å². The lowest BCUT2D eigenvalue weighted by Crippen LogP contribution is -2.37. The number of halogens is 1. The van der Waals surface area contributed by atoms with Crippen molar-refractivity contribution in [3.05, 3.63) is 62.2 Å². The van der Waals surface area contributed by atoms with Gasteiger partial charge in [-0.05, 0) is 63.8 Å². The Labute approximate surface area is 221 Å². The summed E-state index contributed by atoms with van der Waals surface area (Å²) in [6.45, 7) is 8.23. The molecular weight excluding hydrogens is 490 g/mol. The van der Waals surface area contributed by atoms with Crippen LogP contribution in [0.5, 0.6) is 5.75 Å². The maximum Gasteiger partial charge on any atom is 0.263 e. The molecule has 1 aliphatic heterocycles. The number of amides is 1. The second-order valence-corrected chi connectivity index (χ2v) is 10.7. The van der Waals surface area contributed by atoms with Gasteiger partial charge in [0.1, 0.15) is 11.3 Å². The number of hydrogen-bond acceptors (Lipinski definition) is 6. The minimum atomic E-state index is -0.412. The van der Waals surface area contributed by atoms with Crippen LogP contribution in [0.2, 0.25) is 5.02 Å². The Kier molecular flexibility index (Phi) is 7.14. The van der Waals surface area contributed by atoms with Crippen LogP contribution in [-0.2, 0) is 0 Å². The van der Waals surface area contributed by atoms with Gasteiger partial charge in [0.15, 0.2) is 0 Å². The number of pyridine rings is 2. The van der Waals surface area contributed by atoms with E-state index in [1.807, 2.05) is 26.0 Å². The van der Waals surface area contributed by atoms with E-state index in [2.05, 4.69) is 27.4 Å². The summed E-state index contributed by atoms with van der Waals surface area (Å²) in [7, 11) is 1.56. The second kappa shape index (κ2) is 10.3. The third-order valence-electron chi connectivity index (χ3n) is 7.37. The van der Waals surface area contributed by atoms with E-state index in [-0.39, 0.29) is 11.6 Å². The first-order chi connectivity index (χ1) is 17.8. The highest BCUT2D eigenvalue weighted by Crippen LogP contribution is 2.43. The van der Waals surface area contributed by atoms with E-state index in [1.165, 1.54) is 0 Å². The van der Waals surface area contributed by atoms with Gasteiger partial charge >= 0.3 is 0 Å². The van der Waals surface area contributed by atoms with Gasteiger partial charge in [-0.1, -0.05) is 17.7 Å². The van der Waals surface area contributed by atoms with Crippen LogP contribution in [0.15, 0.2) is 29.1 Å². The molecule has 1 amide bonds. The van der Waals surface area contributed by atoms with Crippen molar-refractivity contribution in [3.8, 4) is 5.75 Å². The van der Waals surface area contributed by atoms with Crippen LogP contribution in [0.25, 0.3) is 10.9 Å². The highest BCUT2D eigenvalue weighted by molar-refractivity contribution is 6.32. The number of rotatable bonds is 6. The Hall–Kier alpha value is -3.10. The van der Waals surface area contributed by atoms with Crippen molar-refractivity contribution < 1.29 is 9.53 Å². The number of anilines is 1. The number of benzene rings is 1. The molecule has 9 heteroatoms. The molecular formula is C28H34ClN5O3. The number of carbonyl (C=O) groups excluding carboxylic acids is 1. The molecule has 2 aliphatic rings. The minimum absolute atomic E-state index is 0.140. The van der Waals surface area contributed by atoms with E-state index >= 15 is 0 Å². The minimum Gasteiger partial charge on any atom is -0.495 e. The summed E-state index contributed by atoms with van der Waals surface area (Å²) in [4.78, 5) is 37.4. The molecule has 196 valence electrons. The fourth-order valence-corrected chi connectivity index (χ4v) is 5.43. The number of fused-ring (bicyclic) bond motifs is 1. The number of ether oxygens (including phenoxy) is 1. The van der Waals surface area contributed by atoms with Gasteiger partial charge in [0, 0.05) is 42.7 Å². The molecule has 1 aliphatic carbocycles. The summed E-state index contributed by atoms with van der Waals surface area (Å²) in [6, 6.07) is 7.40. The molecule has 5 rings (SSSR count). The summed E-state index contributed by atoms with van der Waals surface area (Å²) in [5, 5.41) is 7.89. The Morgan fingerprint density at radius 3 is 2.73 bits per heavy atom. The number of H-pyrrole nitrogens is 1. The van der Waals surface area contributed by atoms with Crippen LogP contribution < -0.4 is 25.8 Å². The van der Waals surface area contributed by atoms with Gasteiger partial charge in [-0.25, -0.2) is 0 Å². The molecule has 0 spiro atoms. The number of nitrogens with one attached hydrogen (secondary N) is 3.